The molecule has 6 heteroatoms. The zero-order valence-corrected chi connectivity index (χ0v) is 9.90. The number of carboxylic acids is 1. The molecule has 1 saturated carbocycles. The molecule has 2 N–H and O–H groups in total. The fraction of sp³-hybridized carbons (Fsp3) is 0.727. The van der Waals surface area contributed by atoms with Gasteiger partial charge in [0.05, 0.1) is 6.54 Å². The Morgan fingerprint density at radius 2 is 2.18 bits per heavy atom. The van der Waals surface area contributed by atoms with Crippen molar-refractivity contribution in [3.8, 4) is 0 Å². The minimum Gasteiger partial charge on any atom is -0.480 e. The van der Waals surface area contributed by atoms with Crippen LogP contribution in [0.2, 0.25) is 0 Å². The highest BCUT2D eigenvalue weighted by molar-refractivity contribution is 5.78. The van der Waals surface area contributed by atoms with E-state index in [9.17, 15) is 9.90 Å². The molecule has 1 fully saturated rings. The lowest BCUT2D eigenvalue weighted by molar-refractivity contribution is -0.146. The summed E-state index contributed by atoms with van der Waals surface area (Å²) in [5.74, 6) is 0.219. The monoisotopic (exact) mass is 239 g/mol. The quantitative estimate of drug-likeness (QED) is 0.822. The van der Waals surface area contributed by atoms with Gasteiger partial charge in [-0.05, 0) is 19.8 Å². The zero-order valence-electron chi connectivity index (χ0n) is 9.90. The number of aryl methyl sites for hydroxylation is 1. The molecular weight excluding hydrogens is 222 g/mol. The molecule has 0 bridgehead atoms. The molecule has 1 aliphatic carbocycles. The predicted molar refractivity (Wildman–Crippen MR) is 59.3 cm³/mol. The van der Waals surface area contributed by atoms with Gasteiger partial charge in [0.1, 0.15) is 5.54 Å². The summed E-state index contributed by atoms with van der Waals surface area (Å²) in [6, 6.07) is 0. The Balaban J connectivity index is 2.00. The van der Waals surface area contributed by atoms with Crippen LogP contribution in [0, 0.1) is 6.92 Å². The second kappa shape index (κ2) is 4.83. The van der Waals surface area contributed by atoms with Crippen molar-refractivity contribution in [3.63, 3.8) is 0 Å². The molecule has 0 amide bonds. The molecule has 2 rings (SSSR count). The summed E-state index contributed by atoms with van der Waals surface area (Å²) in [4.78, 5) is 15.4. The average molecular weight is 239 g/mol. The molecule has 94 valence electrons. The van der Waals surface area contributed by atoms with Gasteiger partial charge in [-0.1, -0.05) is 24.4 Å². The van der Waals surface area contributed by atoms with Crippen LogP contribution in [0.4, 0.5) is 0 Å². The van der Waals surface area contributed by atoms with E-state index in [1.54, 1.807) is 6.92 Å². The number of hydrogen-bond donors (Lipinski definition) is 2. The lowest BCUT2D eigenvalue weighted by Gasteiger charge is -2.33. The number of carbonyl (C=O) groups is 1. The van der Waals surface area contributed by atoms with Crippen LogP contribution >= 0.6 is 0 Å². The Labute approximate surface area is 99.4 Å². The molecule has 1 heterocycles. The molecule has 0 spiro atoms. The maximum atomic E-state index is 11.4. The normalized spacial score (nSPS) is 19.1. The van der Waals surface area contributed by atoms with Gasteiger partial charge in [0, 0.05) is 0 Å². The highest BCUT2D eigenvalue weighted by Crippen LogP contribution is 2.28. The van der Waals surface area contributed by atoms with Gasteiger partial charge >= 0.3 is 5.97 Å². The molecule has 0 aromatic carbocycles. The third kappa shape index (κ3) is 2.63. The first-order valence-electron chi connectivity index (χ1n) is 5.90. The molecule has 0 aliphatic heterocycles. The highest BCUT2D eigenvalue weighted by Gasteiger charge is 2.39. The summed E-state index contributed by atoms with van der Waals surface area (Å²) < 4.78 is 4.96. The predicted octanol–water partition coefficient (Wildman–Crippen LogP) is 1.26. The summed E-state index contributed by atoms with van der Waals surface area (Å²) in [6.45, 7) is 2.05. The first-order valence-corrected chi connectivity index (χ1v) is 5.90. The van der Waals surface area contributed by atoms with Crippen molar-refractivity contribution in [1.29, 1.82) is 0 Å². The smallest absolute Gasteiger partial charge is 0.323 e. The highest BCUT2D eigenvalue weighted by atomic mass is 16.5. The third-order valence-electron chi connectivity index (χ3n) is 3.26. The summed E-state index contributed by atoms with van der Waals surface area (Å²) in [7, 11) is 0. The Bertz CT molecular complexity index is 396. The number of rotatable bonds is 4. The van der Waals surface area contributed by atoms with Gasteiger partial charge in [-0.25, -0.2) is 0 Å². The average Bonchev–Trinajstić information content (AvgIpc) is 2.74. The first-order chi connectivity index (χ1) is 8.12. The Morgan fingerprint density at radius 3 is 2.71 bits per heavy atom. The van der Waals surface area contributed by atoms with E-state index in [-0.39, 0.29) is 0 Å². The van der Waals surface area contributed by atoms with Crippen molar-refractivity contribution in [2.24, 2.45) is 0 Å². The third-order valence-corrected chi connectivity index (χ3v) is 3.26. The van der Waals surface area contributed by atoms with Crippen molar-refractivity contribution in [2.75, 3.05) is 0 Å². The van der Waals surface area contributed by atoms with Crippen LogP contribution in [0.5, 0.6) is 0 Å². The number of carboxylic acid groups (broad SMARTS) is 1. The van der Waals surface area contributed by atoms with Crippen LogP contribution in [0.25, 0.3) is 0 Å². The SMILES string of the molecule is Cc1noc(CNC2(C(=O)O)CCCCC2)n1. The van der Waals surface area contributed by atoms with E-state index in [2.05, 4.69) is 15.5 Å². The van der Waals surface area contributed by atoms with Crippen LogP contribution in [-0.4, -0.2) is 26.8 Å². The van der Waals surface area contributed by atoms with Gasteiger partial charge in [0.25, 0.3) is 0 Å². The summed E-state index contributed by atoms with van der Waals surface area (Å²) >= 11 is 0. The summed E-state index contributed by atoms with van der Waals surface area (Å²) in [5.41, 5.74) is -0.819. The molecule has 1 aliphatic rings. The van der Waals surface area contributed by atoms with Crippen LogP contribution in [-0.2, 0) is 11.3 Å². The first kappa shape index (κ1) is 12.0. The van der Waals surface area contributed by atoms with Gasteiger partial charge < -0.3 is 9.63 Å². The lowest BCUT2D eigenvalue weighted by atomic mass is 9.81. The van der Waals surface area contributed by atoms with Crippen LogP contribution in [0.1, 0.15) is 43.8 Å². The molecule has 0 unspecified atom stereocenters. The van der Waals surface area contributed by atoms with Gasteiger partial charge in [-0.15, -0.1) is 0 Å². The number of nitrogens with zero attached hydrogens (tertiary/aromatic N) is 2. The maximum absolute atomic E-state index is 11.4. The van der Waals surface area contributed by atoms with Crippen LogP contribution in [0.15, 0.2) is 4.52 Å². The number of aliphatic carboxylic acids is 1. The molecule has 6 nitrogen and oxygen atoms in total. The van der Waals surface area contributed by atoms with Gasteiger partial charge in [0.2, 0.25) is 5.89 Å². The van der Waals surface area contributed by atoms with E-state index in [1.165, 1.54) is 0 Å². The largest absolute Gasteiger partial charge is 0.480 e. The Morgan fingerprint density at radius 1 is 1.47 bits per heavy atom. The number of nitrogens with one attached hydrogen (secondary N) is 1. The van der Waals surface area contributed by atoms with E-state index < -0.39 is 11.5 Å². The molecule has 1 aromatic heterocycles. The van der Waals surface area contributed by atoms with Crippen LogP contribution in [0.3, 0.4) is 0 Å². The van der Waals surface area contributed by atoms with E-state index >= 15 is 0 Å². The zero-order chi connectivity index (χ0) is 12.3. The van der Waals surface area contributed by atoms with Gasteiger partial charge in [0.15, 0.2) is 5.82 Å². The molecule has 0 radical (unpaired) electrons. The second-order valence-corrected chi connectivity index (χ2v) is 4.54. The van der Waals surface area contributed by atoms with Gasteiger partial charge in [-0.2, -0.15) is 4.98 Å². The van der Waals surface area contributed by atoms with Crippen molar-refractivity contribution < 1.29 is 14.4 Å². The van der Waals surface area contributed by atoms with E-state index in [4.69, 9.17) is 4.52 Å². The molecule has 17 heavy (non-hydrogen) atoms. The fourth-order valence-electron chi connectivity index (χ4n) is 2.28. The molecule has 1 aromatic rings. The van der Waals surface area contributed by atoms with Crippen molar-refractivity contribution in [1.82, 2.24) is 15.5 Å². The molecule has 0 atom stereocenters. The van der Waals surface area contributed by atoms with Gasteiger partial charge in [-0.3, -0.25) is 10.1 Å². The number of hydrogen-bond acceptors (Lipinski definition) is 5. The van der Waals surface area contributed by atoms with E-state index in [0.717, 1.165) is 19.3 Å². The van der Waals surface area contributed by atoms with E-state index in [0.29, 0.717) is 31.1 Å². The summed E-state index contributed by atoms with van der Waals surface area (Å²) in [5, 5.41) is 16.1. The second-order valence-electron chi connectivity index (χ2n) is 4.54. The van der Waals surface area contributed by atoms with Crippen molar-refractivity contribution in [3.05, 3.63) is 11.7 Å². The van der Waals surface area contributed by atoms with E-state index in [1.807, 2.05) is 0 Å². The van der Waals surface area contributed by atoms with Crippen LogP contribution < -0.4 is 5.32 Å². The van der Waals surface area contributed by atoms with Crippen molar-refractivity contribution >= 4 is 5.97 Å². The fourth-order valence-corrected chi connectivity index (χ4v) is 2.28. The molecular formula is C11H17N3O3. The maximum Gasteiger partial charge on any atom is 0.323 e. The Kier molecular flexibility index (Phi) is 3.42. The topological polar surface area (TPSA) is 88.2 Å². The number of aromatic nitrogens is 2. The molecule has 0 saturated heterocycles. The standard InChI is InChI=1S/C11H17N3O3/c1-8-13-9(17-14-8)7-12-11(10(15)16)5-3-2-4-6-11/h12H,2-7H2,1H3,(H,15,16). The minimum atomic E-state index is -0.819. The van der Waals surface area contributed by atoms with Crippen molar-refractivity contribution in [2.45, 2.75) is 51.1 Å². The Hall–Kier alpha value is -1.43. The minimum absolute atomic E-state index is 0.313. The summed E-state index contributed by atoms with van der Waals surface area (Å²) in [6.07, 6.45) is 4.33. The lowest BCUT2D eigenvalue weighted by Crippen LogP contribution is -2.52.